The van der Waals surface area contributed by atoms with E-state index in [2.05, 4.69) is 10.2 Å². The van der Waals surface area contributed by atoms with Crippen molar-refractivity contribution >= 4 is 15.2 Å². The van der Waals surface area contributed by atoms with E-state index in [9.17, 15) is 9.13 Å². The Morgan fingerprint density at radius 1 is 0.733 bits per heavy atom. The molecular weight excluding hydrogens is 426 g/mol. The maximum Gasteiger partial charge on any atom is 0.336 e. The summed E-state index contributed by atoms with van der Waals surface area (Å²) in [6.07, 6.45) is -0.0167. The van der Waals surface area contributed by atoms with Crippen LogP contribution >= 0.6 is 15.2 Å². The Morgan fingerprint density at radius 2 is 1.23 bits per heavy atom. The van der Waals surface area contributed by atoms with E-state index in [1.165, 1.54) is 0 Å². The first-order chi connectivity index (χ1) is 14.4. The zero-order valence-electron chi connectivity index (χ0n) is 17.9. The molecule has 0 radical (unpaired) electrons. The predicted octanol–water partition coefficient (Wildman–Crippen LogP) is 5.68. The SMILES string of the molecule is CCOP(=O)(Cc1cc(-c2ccccc2)c(CP(=O)(OCC)OCC)nn1)OCC. The third-order valence-electron chi connectivity index (χ3n) is 4.01. The Bertz CT molecular complexity index is 874. The van der Waals surface area contributed by atoms with E-state index in [1.807, 2.05) is 30.3 Å². The molecule has 0 bridgehead atoms. The highest BCUT2D eigenvalue weighted by molar-refractivity contribution is 7.53. The molecule has 0 spiro atoms. The maximum atomic E-state index is 13.1. The van der Waals surface area contributed by atoms with Crippen LogP contribution in [0.4, 0.5) is 0 Å². The molecule has 0 amide bonds. The first-order valence-electron chi connectivity index (χ1n) is 10.1. The number of hydrogen-bond acceptors (Lipinski definition) is 8. The van der Waals surface area contributed by atoms with E-state index >= 15 is 0 Å². The highest BCUT2D eigenvalue weighted by Crippen LogP contribution is 2.53. The topological polar surface area (TPSA) is 96.8 Å². The lowest BCUT2D eigenvalue weighted by atomic mass is 10.0. The van der Waals surface area contributed by atoms with E-state index in [4.69, 9.17) is 18.1 Å². The fraction of sp³-hybridized carbons (Fsp3) is 0.500. The monoisotopic (exact) mass is 456 g/mol. The van der Waals surface area contributed by atoms with Crippen molar-refractivity contribution in [3.63, 3.8) is 0 Å². The van der Waals surface area contributed by atoms with Gasteiger partial charge in [-0.3, -0.25) is 9.13 Å². The van der Waals surface area contributed by atoms with Crippen LogP contribution in [0.1, 0.15) is 39.1 Å². The van der Waals surface area contributed by atoms with Crippen LogP contribution in [0.25, 0.3) is 11.1 Å². The largest absolute Gasteiger partial charge is 0.336 e. The molecule has 0 aliphatic rings. The van der Waals surface area contributed by atoms with Gasteiger partial charge in [0, 0.05) is 5.56 Å². The van der Waals surface area contributed by atoms with Crippen molar-refractivity contribution in [1.29, 1.82) is 0 Å². The quantitative estimate of drug-likeness (QED) is 0.356. The zero-order valence-corrected chi connectivity index (χ0v) is 19.7. The summed E-state index contributed by atoms with van der Waals surface area (Å²) in [6.45, 7) is 8.09. The molecule has 0 atom stereocenters. The fourth-order valence-corrected chi connectivity index (χ4v) is 6.18. The van der Waals surface area contributed by atoms with E-state index in [0.717, 1.165) is 11.1 Å². The van der Waals surface area contributed by atoms with Gasteiger partial charge in [0.05, 0.1) is 50.1 Å². The van der Waals surface area contributed by atoms with Gasteiger partial charge in [0.25, 0.3) is 0 Å². The highest BCUT2D eigenvalue weighted by Gasteiger charge is 2.29. The van der Waals surface area contributed by atoms with Crippen molar-refractivity contribution in [2.75, 3.05) is 26.4 Å². The summed E-state index contributed by atoms with van der Waals surface area (Å²) in [6, 6.07) is 11.3. The van der Waals surface area contributed by atoms with Crippen LogP contribution in [0.3, 0.4) is 0 Å². The molecule has 0 fully saturated rings. The van der Waals surface area contributed by atoms with Crippen LogP contribution in [0.2, 0.25) is 0 Å². The normalized spacial score (nSPS) is 12.3. The lowest BCUT2D eigenvalue weighted by molar-refractivity contribution is 0.217. The Kier molecular flexibility index (Phi) is 9.82. The molecule has 2 rings (SSSR count). The molecule has 0 aliphatic heterocycles. The summed E-state index contributed by atoms with van der Waals surface area (Å²) >= 11 is 0. The Hall–Kier alpha value is -1.40. The van der Waals surface area contributed by atoms with Crippen molar-refractivity contribution in [3.05, 3.63) is 47.8 Å². The van der Waals surface area contributed by atoms with Gasteiger partial charge in [-0.1, -0.05) is 30.3 Å². The van der Waals surface area contributed by atoms with Gasteiger partial charge >= 0.3 is 15.2 Å². The number of aromatic nitrogens is 2. The number of rotatable bonds is 13. The van der Waals surface area contributed by atoms with E-state index in [1.54, 1.807) is 33.8 Å². The van der Waals surface area contributed by atoms with Gasteiger partial charge in [0.2, 0.25) is 0 Å². The Balaban J connectivity index is 2.46. The Morgan fingerprint density at radius 3 is 1.73 bits per heavy atom. The molecule has 1 aromatic carbocycles. The van der Waals surface area contributed by atoms with Crippen molar-refractivity contribution in [3.8, 4) is 11.1 Å². The van der Waals surface area contributed by atoms with Crippen molar-refractivity contribution < 1.29 is 27.2 Å². The molecule has 2 aromatic rings. The second kappa shape index (κ2) is 11.8. The molecule has 0 saturated carbocycles. The molecule has 0 saturated heterocycles. The molecule has 1 aromatic heterocycles. The second-order valence-corrected chi connectivity index (χ2v) is 10.4. The van der Waals surface area contributed by atoms with Gasteiger partial charge in [-0.15, -0.1) is 0 Å². The summed E-state index contributed by atoms with van der Waals surface area (Å²) in [7, 11) is -6.71. The molecular formula is C20H30N2O6P2. The van der Waals surface area contributed by atoms with Gasteiger partial charge in [-0.2, -0.15) is 10.2 Å². The van der Waals surface area contributed by atoms with Crippen LogP contribution in [0, 0.1) is 0 Å². The van der Waals surface area contributed by atoms with Crippen LogP contribution in [-0.4, -0.2) is 36.6 Å². The van der Waals surface area contributed by atoms with Crippen LogP contribution in [0.15, 0.2) is 36.4 Å². The fourth-order valence-electron chi connectivity index (χ4n) is 2.94. The van der Waals surface area contributed by atoms with Gasteiger partial charge in [-0.25, -0.2) is 0 Å². The average molecular weight is 456 g/mol. The van der Waals surface area contributed by atoms with Crippen molar-refractivity contribution in [1.82, 2.24) is 10.2 Å². The average Bonchev–Trinajstić information content (AvgIpc) is 2.70. The lowest BCUT2D eigenvalue weighted by Crippen LogP contribution is -2.07. The Labute approximate surface area is 178 Å². The van der Waals surface area contributed by atoms with Crippen molar-refractivity contribution in [2.45, 2.75) is 40.0 Å². The predicted molar refractivity (Wildman–Crippen MR) is 117 cm³/mol. The van der Waals surface area contributed by atoms with Crippen LogP contribution < -0.4 is 0 Å². The summed E-state index contributed by atoms with van der Waals surface area (Å²) in [5, 5.41) is 8.50. The van der Waals surface area contributed by atoms with E-state index in [0.29, 0.717) is 11.4 Å². The molecule has 10 heteroatoms. The van der Waals surface area contributed by atoms with Crippen LogP contribution in [-0.2, 0) is 39.5 Å². The minimum Gasteiger partial charge on any atom is -0.309 e. The summed E-state index contributed by atoms with van der Waals surface area (Å²) in [5.41, 5.74) is 2.54. The number of hydrogen-bond donors (Lipinski definition) is 0. The van der Waals surface area contributed by atoms with Crippen LogP contribution in [0.5, 0.6) is 0 Å². The summed E-state index contributed by atoms with van der Waals surface area (Å²) in [5.74, 6) is 0. The number of benzene rings is 1. The third kappa shape index (κ3) is 7.09. The highest BCUT2D eigenvalue weighted by atomic mass is 31.2. The third-order valence-corrected chi connectivity index (χ3v) is 8.01. The van der Waals surface area contributed by atoms with Gasteiger partial charge in [0.1, 0.15) is 0 Å². The molecule has 30 heavy (non-hydrogen) atoms. The first-order valence-corrected chi connectivity index (χ1v) is 13.5. The minimum atomic E-state index is -3.37. The maximum absolute atomic E-state index is 13.1. The van der Waals surface area contributed by atoms with Gasteiger partial charge < -0.3 is 18.1 Å². The molecule has 0 N–H and O–H groups in total. The van der Waals surface area contributed by atoms with E-state index in [-0.39, 0.29) is 38.8 Å². The van der Waals surface area contributed by atoms with Gasteiger partial charge in [0.15, 0.2) is 0 Å². The molecule has 166 valence electrons. The smallest absolute Gasteiger partial charge is 0.309 e. The molecule has 8 nitrogen and oxygen atoms in total. The van der Waals surface area contributed by atoms with Crippen molar-refractivity contribution in [2.24, 2.45) is 0 Å². The first kappa shape index (κ1) is 24.9. The summed E-state index contributed by atoms with van der Waals surface area (Å²) in [4.78, 5) is 0. The minimum absolute atomic E-state index is 0.00360. The second-order valence-electron chi connectivity index (χ2n) is 6.27. The molecule has 0 unspecified atom stereocenters. The zero-order chi connectivity index (χ0) is 22.0. The standard InChI is InChI=1S/C20H30N2O6P2/c1-5-25-29(23,26-6-2)15-18-14-19(17-12-10-9-11-13-17)20(22-21-18)16-30(24,27-7-3)28-8-4/h9-14H,5-8,15-16H2,1-4H3. The van der Waals surface area contributed by atoms with Gasteiger partial charge in [-0.05, 0) is 39.3 Å². The summed E-state index contributed by atoms with van der Waals surface area (Å²) < 4.78 is 47.6. The molecule has 1 heterocycles. The lowest BCUT2D eigenvalue weighted by Gasteiger charge is -2.19. The van der Waals surface area contributed by atoms with E-state index < -0.39 is 15.2 Å². The number of nitrogens with zero attached hydrogens (tertiary/aromatic N) is 2. The molecule has 0 aliphatic carbocycles.